The number of anilines is 1. The molecule has 2 rings (SSSR count). The van der Waals surface area contributed by atoms with Crippen LogP contribution in [-0.4, -0.2) is 26.0 Å². The minimum absolute atomic E-state index is 0.215. The van der Waals surface area contributed by atoms with Crippen LogP contribution < -0.4 is 11.2 Å². The molecule has 11 heteroatoms. The maximum absolute atomic E-state index is 12.6. The van der Waals surface area contributed by atoms with Crippen molar-refractivity contribution in [1.82, 2.24) is 14.9 Å². The molecular weight excluding hydrogens is 367 g/mol. The number of benzene rings is 1. The van der Waals surface area contributed by atoms with Crippen molar-refractivity contribution >= 4 is 35.0 Å². The molecule has 0 aliphatic carbocycles. The Morgan fingerprint density at radius 3 is 2.67 bits per heavy atom. The number of hydrogen-bond donors (Lipinski definition) is 2. The molecule has 0 bridgehead atoms. The van der Waals surface area contributed by atoms with Crippen LogP contribution in [0.3, 0.4) is 0 Å². The van der Waals surface area contributed by atoms with E-state index in [2.05, 4.69) is 15.5 Å². The van der Waals surface area contributed by atoms with Crippen LogP contribution in [0.4, 0.5) is 18.9 Å². The second-order valence-corrected chi connectivity index (χ2v) is 6.55. The molecule has 0 saturated carbocycles. The Labute approximate surface area is 144 Å². The molecule has 1 amide bonds. The number of nitrogen functional groups attached to an aromatic ring is 1. The fraction of sp³-hybridized carbons (Fsp3) is 0.308. The molecule has 0 fully saturated rings. The Kier molecular flexibility index (Phi) is 5.29. The number of hydrogen-bond acceptors (Lipinski definition) is 5. The van der Waals surface area contributed by atoms with Crippen LogP contribution in [0.2, 0.25) is 5.02 Å². The third-order valence-corrected chi connectivity index (χ3v) is 4.56. The molecule has 3 N–H and O–H groups in total. The fourth-order valence-corrected chi connectivity index (χ4v) is 2.68. The number of nitrogens with two attached hydrogens (primary N) is 1. The van der Waals surface area contributed by atoms with Gasteiger partial charge in [0.2, 0.25) is 11.1 Å². The normalized spacial score (nSPS) is 12.9. The summed E-state index contributed by atoms with van der Waals surface area (Å²) in [4.78, 5) is 12.2. The number of nitrogens with one attached hydrogen (secondary N) is 1. The summed E-state index contributed by atoms with van der Waals surface area (Å²) in [7, 11) is 0. The van der Waals surface area contributed by atoms with Gasteiger partial charge in [-0.1, -0.05) is 29.4 Å². The molecule has 0 aliphatic rings. The second-order valence-electron chi connectivity index (χ2n) is 4.84. The average molecular weight is 380 g/mol. The summed E-state index contributed by atoms with van der Waals surface area (Å²) in [6.07, 6.45) is -4.72. The third kappa shape index (κ3) is 3.93. The first-order valence-electron chi connectivity index (χ1n) is 6.61. The summed E-state index contributed by atoms with van der Waals surface area (Å²) >= 11 is 6.74. The summed E-state index contributed by atoms with van der Waals surface area (Å²) in [6.45, 7) is 3.25. The van der Waals surface area contributed by atoms with Gasteiger partial charge < -0.3 is 11.2 Å². The lowest BCUT2D eigenvalue weighted by atomic mass is 10.2. The van der Waals surface area contributed by atoms with Gasteiger partial charge >= 0.3 is 6.18 Å². The highest BCUT2D eigenvalue weighted by Crippen LogP contribution is 2.30. The van der Waals surface area contributed by atoms with Crippen LogP contribution in [0.5, 0.6) is 0 Å². The number of aromatic nitrogens is 3. The van der Waals surface area contributed by atoms with Gasteiger partial charge in [0.25, 0.3) is 5.82 Å². The molecule has 1 aromatic heterocycles. The molecule has 130 valence electrons. The van der Waals surface area contributed by atoms with Crippen molar-refractivity contribution in [2.45, 2.75) is 30.4 Å². The van der Waals surface area contributed by atoms with Gasteiger partial charge in [0.15, 0.2) is 0 Å². The van der Waals surface area contributed by atoms with Crippen LogP contribution in [0, 0.1) is 6.92 Å². The zero-order chi connectivity index (χ0) is 18.1. The van der Waals surface area contributed by atoms with Gasteiger partial charge in [-0.05, 0) is 31.5 Å². The van der Waals surface area contributed by atoms with E-state index >= 15 is 0 Å². The first kappa shape index (κ1) is 18.4. The SMILES string of the molecule is Cc1c(Cl)cccc1NC(=O)C(C)Sc1nnc(C(F)(F)F)n1N. The van der Waals surface area contributed by atoms with E-state index in [1.54, 1.807) is 25.1 Å². The number of rotatable bonds is 4. The van der Waals surface area contributed by atoms with E-state index in [1.807, 2.05) is 0 Å². The number of thioether (sulfide) groups is 1. The van der Waals surface area contributed by atoms with Gasteiger partial charge in [-0.3, -0.25) is 4.79 Å². The molecule has 1 heterocycles. The monoisotopic (exact) mass is 379 g/mol. The molecule has 1 atom stereocenters. The molecule has 0 radical (unpaired) electrons. The van der Waals surface area contributed by atoms with E-state index in [4.69, 9.17) is 17.4 Å². The van der Waals surface area contributed by atoms with Gasteiger partial charge in [-0.2, -0.15) is 13.2 Å². The predicted octanol–water partition coefficient (Wildman–Crippen LogP) is 3.09. The molecular formula is C13H13ClF3N5OS. The van der Waals surface area contributed by atoms with Crippen LogP contribution in [0.1, 0.15) is 18.3 Å². The van der Waals surface area contributed by atoms with E-state index in [0.29, 0.717) is 20.9 Å². The Balaban J connectivity index is 2.10. The predicted molar refractivity (Wildman–Crippen MR) is 85.3 cm³/mol. The molecule has 0 aliphatic heterocycles. The molecule has 2 aromatic rings. The third-order valence-electron chi connectivity index (χ3n) is 3.10. The second kappa shape index (κ2) is 6.89. The summed E-state index contributed by atoms with van der Waals surface area (Å²) in [5.74, 6) is 3.58. The fourth-order valence-electron chi connectivity index (χ4n) is 1.74. The van der Waals surface area contributed by atoms with Crippen molar-refractivity contribution in [2.75, 3.05) is 11.2 Å². The average Bonchev–Trinajstić information content (AvgIpc) is 2.85. The van der Waals surface area contributed by atoms with Gasteiger partial charge in [0.1, 0.15) is 0 Å². The maximum atomic E-state index is 12.6. The van der Waals surface area contributed by atoms with Crippen molar-refractivity contribution in [3.63, 3.8) is 0 Å². The van der Waals surface area contributed by atoms with E-state index in [1.165, 1.54) is 6.92 Å². The van der Waals surface area contributed by atoms with Gasteiger partial charge in [-0.25, -0.2) is 4.68 Å². The number of carbonyl (C=O) groups is 1. The highest BCUT2D eigenvalue weighted by molar-refractivity contribution is 8.00. The Bertz CT molecular complexity index is 765. The van der Waals surface area contributed by atoms with Crippen LogP contribution in [-0.2, 0) is 11.0 Å². The molecule has 1 unspecified atom stereocenters. The lowest BCUT2D eigenvalue weighted by Gasteiger charge is -2.13. The lowest BCUT2D eigenvalue weighted by Crippen LogP contribution is -2.25. The van der Waals surface area contributed by atoms with Crippen molar-refractivity contribution in [1.29, 1.82) is 0 Å². The van der Waals surface area contributed by atoms with Gasteiger partial charge in [0.05, 0.1) is 5.25 Å². The van der Waals surface area contributed by atoms with Crippen molar-refractivity contribution in [3.05, 3.63) is 34.6 Å². The van der Waals surface area contributed by atoms with E-state index < -0.39 is 23.2 Å². The Morgan fingerprint density at radius 2 is 2.08 bits per heavy atom. The molecule has 24 heavy (non-hydrogen) atoms. The zero-order valence-corrected chi connectivity index (χ0v) is 14.1. The number of alkyl halides is 3. The quantitative estimate of drug-likeness (QED) is 0.629. The van der Waals surface area contributed by atoms with Crippen molar-refractivity contribution in [2.24, 2.45) is 0 Å². The Morgan fingerprint density at radius 1 is 1.42 bits per heavy atom. The summed E-state index contributed by atoms with van der Waals surface area (Å²) < 4.78 is 38.2. The standard InChI is InChI=1S/C13H13ClF3N5OS/c1-6-8(14)4-3-5-9(6)19-10(23)7(2)24-12-21-20-11(22(12)18)13(15,16)17/h3-5,7H,18H2,1-2H3,(H,19,23). The highest BCUT2D eigenvalue weighted by Gasteiger charge is 2.38. The minimum atomic E-state index is -4.72. The molecule has 0 spiro atoms. The summed E-state index contributed by atoms with van der Waals surface area (Å²) in [5.41, 5.74) is 1.20. The van der Waals surface area contributed by atoms with E-state index in [9.17, 15) is 18.0 Å². The Hall–Kier alpha value is -1.94. The molecule has 6 nitrogen and oxygen atoms in total. The van der Waals surface area contributed by atoms with Crippen LogP contribution >= 0.6 is 23.4 Å². The number of nitrogens with zero attached hydrogens (tertiary/aromatic N) is 3. The van der Waals surface area contributed by atoms with E-state index in [0.717, 1.165) is 11.8 Å². The lowest BCUT2D eigenvalue weighted by molar-refractivity contribution is -0.146. The largest absolute Gasteiger partial charge is 0.453 e. The topological polar surface area (TPSA) is 85.8 Å². The first-order valence-corrected chi connectivity index (χ1v) is 7.87. The van der Waals surface area contributed by atoms with Crippen LogP contribution in [0.15, 0.2) is 23.4 Å². The van der Waals surface area contributed by atoms with E-state index in [-0.39, 0.29) is 5.16 Å². The summed E-state index contributed by atoms with van der Waals surface area (Å²) in [5, 5.41) is 8.56. The van der Waals surface area contributed by atoms with Crippen LogP contribution in [0.25, 0.3) is 0 Å². The maximum Gasteiger partial charge on any atom is 0.453 e. The number of halogens is 4. The smallest absolute Gasteiger partial charge is 0.335 e. The minimum Gasteiger partial charge on any atom is -0.335 e. The van der Waals surface area contributed by atoms with Gasteiger partial charge in [0, 0.05) is 10.7 Å². The highest BCUT2D eigenvalue weighted by atomic mass is 35.5. The van der Waals surface area contributed by atoms with Crippen molar-refractivity contribution < 1.29 is 18.0 Å². The molecule has 0 saturated heterocycles. The molecule has 1 aromatic carbocycles. The van der Waals surface area contributed by atoms with Crippen molar-refractivity contribution in [3.8, 4) is 0 Å². The first-order chi connectivity index (χ1) is 11.1. The number of carbonyl (C=O) groups excluding carboxylic acids is 1. The summed E-state index contributed by atoms with van der Waals surface area (Å²) in [6, 6.07) is 5.03. The number of amides is 1. The zero-order valence-electron chi connectivity index (χ0n) is 12.6. The van der Waals surface area contributed by atoms with Gasteiger partial charge in [-0.15, -0.1) is 10.2 Å².